The molecular weight excluding hydrogens is 511 g/mol. The first-order chi connectivity index (χ1) is 17.7. The van der Waals surface area contributed by atoms with E-state index in [1.807, 2.05) is 0 Å². The second-order valence-electron chi connectivity index (χ2n) is 7.48. The number of carbonyl (C=O) groups excluding carboxylic acids is 2. The molecule has 0 aliphatic rings. The Balaban J connectivity index is 1.73. The number of pyridine rings is 2. The fraction of sp³-hybridized carbons (Fsp3) is 0.250. The Morgan fingerprint density at radius 1 is 1.05 bits per heavy atom. The van der Waals surface area contributed by atoms with Gasteiger partial charge in [0.1, 0.15) is 16.1 Å². The normalized spacial score (nSPS) is 12.0. The van der Waals surface area contributed by atoms with Crippen molar-refractivity contribution in [1.29, 1.82) is 0 Å². The topological polar surface area (TPSA) is 125 Å². The summed E-state index contributed by atoms with van der Waals surface area (Å²) in [5, 5.41) is 17.0. The minimum Gasteiger partial charge on any atom is -0.406 e. The summed E-state index contributed by atoms with van der Waals surface area (Å²) in [7, 11) is 0. The maximum absolute atomic E-state index is 13.0. The molecule has 0 fully saturated rings. The number of hydrogen-bond donors (Lipinski definition) is 4. The summed E-state index contributed by atoms with van der Waals surface area (Å²) >= 11 is 1.14. The van der Waals surface area contributed by atoms with E-state index in [1.54, 1.807) is 36.7 Å². The molecule has 13 heteroatoms. The summed E-state index contributed by atoms with van der Waals surface area (Å²) in [6, 6.07) is 11.3. The smallest absolute Gasteiger partial charge is 0.406 e. The molecule has 1 unspecified atom stereocenters. The van der Waals surface area contributed by atoms with E-state index in [2.05, 4.69) is 30.7 Å². The molecule has 0 radical (unpaired) electrons. The molecule has 0 spiro atoms. The monoisotopic (exact) mass is 535 g/mol. The van der Waals surface area contributed by atoms with Gasteiger partial charge in [0, 0.05) is 30.9 Å². The number of hydrogen-bond acceptors (Lipinski definition) is 8. The predicted octanol–water partition coefficient (Wildman–Crippen LogP) is 3.51. The molecule has 0 saturated carbocycles. The number of amides is 2. The molecule has 2 heterocycles. The summed E-state index contributed by atoms with van der Waals surface area (Å²) in [6.45, 7) is 0.525. The van der Waals surface area contributed by atoms with E-state index in [0.29, 0.717) is 18.0 Å². The molecule has 2 amide bonds. The third kappa shape index (κ3) is 9.37. The van der Waals surface area contributed by atoms with Gasteiger partial charge >= 0.3 is 6.36 Å². The number of ether oxygens (including phenoxy) is 1. The van der Waals surface area contributed by atoms with Crippen molar-refractivity contribution in [2.45, 2.75) is 23.2 Å². The van der Waals surface area contributed by atoms with Crippen LogP contribution in [0.25, 0.3) is 0 Å². The van der Waals surface area contributed by atoms with Crippen LogP contribution in [0.1, 0.15) is 27.7 Å². The first-order valence-corrected chi connectivity index (χ1v) is 11.9. The lowest BCUT2D eigenvalue weighted by molar-refractivity contribution is -0.274. The Morgan fingerprint density at radius 3 is 2.46 bits per heavy atom. The second kappa shape index (κ2) is 13.6. The van der Waals surface area contributed by atoms with E-state index in [0.717, 1.165) is 29.5 Å². The van der Waals surface area contributed by atoms with Gasteiger partial charge in [-0.25, -0.2) is 4.98 Å². The Labute approximate surface area is 214 Å². The Hall–Kier alpha value is -3.68. The first-order valence-electron chi connectivity index (χ1n) is 11.0. The van der Waals surface area contributed by atoms with Crippen molar-refractivity contribution in [2.24, 2.45) is 0 Å². The lowest BCUT2D eigenvalue weighted by atomic mass is 10.2. The van der Waals surface area contributed by atoms with Gasteiger partial charge in [0.25, 0.3) is 5.91 Å². The molecule has 2 aromatic heterocycles. The van der Waals surface area contributed by atoms with Gasteiger partial charge in [0.05, 0.1) is 12.1 Å². The number of aromatic nitrogens is 2. The molecule has 4 N–H and O–H groups in total. The van der Waals surface area contributed by atoms with Crippen LogP contribution in [0, 0.1) is 0 Å². The highest BCUT2D eigenvalue weighted by atomic mass is 32.2. The average molecular weight is 536 g/mol. The molecule has 1 aromatic carbocycles. The summed E-state index contributed by atoms with van der Waals surface area (Å²) in [5.41, 5.74) is 1.19. The highest BCUT2D eigenvalue weighted by molar-refractivity contribution is 7.99. The molecule has 37 heavy (non-hydrogen) atoms. The zero-order valence-corrected chi connectivity index (χ0v) is 20.2. The highest BCUT2D eigenvalue weighted by Gasteiger charge is 2.31. The number of halogens is 3. The van der Waals surface area contributed by atoms with Crippen molar-refractivity contribution in [3.05, 3.63) is 78.2 Å². The van der Waals surface area contributed by atoms with Crippen LogP contribution in [0.3, 0.4) is 0 Å². The second-order valence-corrected chi connectivity index (χ2v) is 8.58. The van der Waals surface area contributed by atoms with Gasteiger partial charge in [-0.3, -0.25) is 14.6 Å². The molecule has 0 saturated heterocycles. The quantitative estimate of drug-likeness (QED) is 0.158. The number of nitrogens with zero attached hydrogens (tertiary/aromatic N) is 2. The zero-order valence-electron chi connectivity index (χ0n) is 19.4. The number of anilines is 1. The summed E-state index contributed by atoms with van der Waals surface area (Å²) in [5.74, 6) is -1.24. The largest absolute Gasteiger partial charge is 0.573 e. The molecule has 0 aliphatic heterocycles. The van der Waals surface area contributed by atoms with E-state index in [-0.39, 0.29) is 30.3 Å². The molecule has 3 aromatic rings. The third-order valence-electron chi connectivity index (χ3n) is 4.69. The number of benzene rings is 1. The zero-order chi connectivity index (χ0) is 26.7. The van der Waals surface area contributed by atoms with Gasteiger partial charge in [-0.15, -0.1) is 13.2 Å². The summed E-state index contributed by atoms with van der Waals surface area (Å²) < 4.78 is 41.0. The Kier molecular flexibility index (Phi) is 10.2. The molecule has 1 atom stereocenters. The van der Waals surface area contributed by atoms with Gasteiger partial charge < -0.3 is 25.8 Å². The van der Waals surface area contributed by atoms with Crippen molar-refractivity contribution < 1.29 is 32.6 Å². The molecule has 9 nitrogen and oxygen atoms in total. The van der Waals surface area contributed by atoms with Crippen molar-refractivity contribution in [3.63, 3.8) is 0 Å². The van der Waals surface area contributed by atoms with Crippen molar-refractivity contribution in [2.75, 3.05) is 25.0 Å². The summed E-state index contributed by atoms with van der Waals surface area (Å²) in [6.07, 6.45) is 0.354. The fourth-order valence-corrected chi connectivity index (χ4v) is 4.15. The van der Waals surface area contributed by atoms with Crippen LogP contribution in [0.4, 0.5) is 18.9 Å². The number of alkyl halides is 3. The standard InChI is InChI=1S/C24H24F3N5O4S/c25-24(26,27)36-18-6-4-17(5-7-18)31-21(35)19-3-1-11-30-23(19)37-22(16-8-12-28-13-9-16)32-20(34)15-29-10-2-14-33/h1,3-9,11-13,22,29,33H,2,10,14-15H2,(H,31,35)(H,32,34). The molecule has 3 rings (SSSR count). The van der Waals surface area contributed by atoms with Gasteiger partial charge in [0.2, 0.25) is 5.91 Å². The number of thioether (sulfide) groups is 1. The van der Waals surface area contributed by atoms with E-state index in [4.69, 9.17) is 5.11 Å². The van der Waals surface area contributed by atoms with Crippen molar-refractivity contribution in [3.8, 4) is 5.75 Å². The number of rotatable bonds is 12. The van der Waals surface area contributed by atoms with E-state index in [1.165, 1.54) is 18.3 Å². The van der Waals surface area contributed by atoms with Gasteiger partial charge in [0.15, 0.2) is 0 Å². The van der Waals surface area contributed by atoms with Gasteiger partial charge in [-0.1, -0.05) is 11.8 Å². The molecule has 0 aliphatic carbocycles. The van der Waals surface area contributed by atoms with Crippen LogP contribution in [0.5, 0.6) is 5.75 Å². The number of aliphatic hydroxyl groups is 1. The van der Waals surface area contributed by atoms with Crippen molar-refractivity contribution >= 4 is 29.3 Å². The van der Waals surface area contributed by atoms with Crippen LogP contribution in [0.2, 0.25) is 0 Å². The van der Waals surface area contributed by atoms with E-state index in [9.17, 15) is 22.8 Å². The lowest BCUT2D eigenvalue weighted by Crippen LogP contribution is -2.36. The Morgan fingerprint density at radius 2 is 1.78 bits per heavy atom. The maximum atomic E-state index is 13.0. The first kappa shape index (κ1) is 27.9. The molecule has 196 valence electrons. The van der Waals surface area contributed by atoms with E-state index < -0.39 is 23.4 Å². The SMILES string of the molecule is O=C(CNCCCO)NC(Sc1ncccc1C(=O)Nc1ccc(OC(F)(F)F)cc1)c1ccncc1. The molecular formula is C24H24F3N5O4S. The average Bonchev–Trinajstić information content (AvgIpc) is 2.87. The fourth-order valence-electron chi connectivity index (χ4n) is 3.03. The maximum Gasteiger partial charge on any atom is 0.573 e. The van der Waals surface area contributed by atoms with E-state index >= 15 is 0 Å². The van der Waals surface area contributed by atoms with Crippen LogP contribution in [-0.4, -0.2) is 52.9 Å². The van der Waals surface area contributed by atoms with Crippen LogP contribution >= 0.6 is 11.8 Å². The van der Waals surface area contributed by atoms with Crippen LogP contribution < -0.4 is 20.7 Å². The van der Waals surface area contributed by atoms with Gasteiger partial charge in [-0.05, 0) is 67.1 Å². The van der Waals surface area contributed by atoms with Gasteiger partial charge in [-0.2, -0.15) is 0 Å². The van der Waals surface area contributed by atoms with Crippen LogP contribution in [0.15, 0.2) is 72.1 Å². The lowest BCUT2D eigenvalue weighted by Gasteiger charge is -2.20. The Bertz CT molecular complexity index is 1170. The summed E-state index contributed by atoms with van der Waals surface area (Å²) in [4.78, 5) is 33.8. The third-order valence-corrected chi connectivity index (χ3v) is 5.86. The minimum atomic E-state index is -4.82. The highest BCUT2D eigenvalue weighted by Crippen LogP contribution is 2.34. The van der Waals surface area contributed by atoms with Crippen molar-refractivity contribution in [1.82, 2.24) is 20.6 Å². The number of aliphatic hydroxyl groups excluding tert-OH is 1. The minimum absolute atomic E-state index is 0.0140. The predicted molar refractivity (Wildman–Crippen MR) is 131 cm³/mol. The molecule has 0 bridgehead atoms. The number of carbonyl (C=O) groups is 2. The number of nitrogens with one attached hydrogen (secondary N) is 3. The van der Waals surface area contributed by atoms with Crippen LogP contribution in [-0.2, 0) is 4.79 Å².